The van der Waals surface area contributed by atoms with Crippen molar-refractivity contribution in [3.8, 4) is 0 Å². The molecule has 0 saturated heterocycles. The van der Waals surface area contributed by atoms with E-state index < -0.39 is 0 Å². The zero-order chi connectivity index (χ0) is 15.5. The average molecular weight is 293 g/mol. The zero-order valence-corrected chi connectivity index (χ0v) is 12.3. The Bertz CT molecular complexity index is 852. The molecule has 0 aromatic carbocycles. The van der Waals surface area contributed by atoms with Crippen LogP contribution in [0.2, 0.25) is 0 Å². The van der Waals surface area contributed by atoms with Crippen molar-refractivity contribution in [3.63, 3.8) is 0 Å². The number of hydrogen-bond donors (Lipinski definition) is 1. The first-order chi connectivity index (χ1) is 10.6. The van der Waals surface area contributed by atoms with E-state index in [-0.39, 0.29) is 5.91 Å². The van der Waals surface area contributed by atoms with Gasteiger partial charge in [-0.2, -0.15) is 5.10 Å². The highest BCUT2D eigenvalue weighted by molar-refractivity contribution is 5.95. The average Bonchev–Trinajstić information content (AvgIpc) is 2.83. The second kappa shape index (κ2) is 5.77. The Kier molecular flexibility index (Phi) is 3.65. The summed E-state index contributed by atoms with van der Waals surface area (Å²) in [6, 6.07) is 7.46. The Morgan fingerprint density at radius 3 is 2.77 bits per heavy atom. The maximum atomic E-state index is 12.3. The number of hydrogen-bond acceptors (Lipinski definition) is 4. The highest BCUT2D eigenvalue weighted by Gasteiger charge is 2.15. The van der Waals surface area contributed by atoms with Crippen LogP contribution in [0, 0.1) is 13.8 Å². The van der Waals surface area contributed by atoms with Gasteiger partial charge in [0.2, 0.25) is 0 Å². The van der Waals surface area contributed by atoms with Crippen LogP contribution in [-0.4, -0.2) is 26.5 Å². The maximum absolute atomic E-state index is 12.3. The first-order valence-electron chi connectivity index (χ1n) is 6.84. The Balaban J connectivity index is 1.85. The van der Waals surface area contributed by atoms with Crippen LogP contribution in [0.1, 0.15) is 27.3 Å². The Hall–Kier alpha value is -3.02. The summed E-state index contributed by atoms with van der Waals surface area (Å²) in [6.07, 6.45) is 6.79. The molecule has 0 fully saturated rings. The van der Waals surface area contributed by atoms with Crippen LogP contribution < -0.4 is 5.43 Å². The number of fused-ring (bicyclic) bond motifs is 1. The topological polar surface area (TPSA) is 71.7 Å². The van der Waals surface area contributed by atoms with Crippen molar-refractivity contribution >= 4 is 17.8 Å². The van der Waals surface area contributed by atoms with E-state index in [9.17, 15) is 4.79 Å². The van der Waals surface area contributed by atoms with Gasteiger partial charge in [-0.1, -0.05) is 6.07 Å². The normalized spacial score (nSPS) is 11.2. The van der Waals surface area contributed by atoms with Crippen LogP contribution in [0.4, 0.5) is 0 Å². The molecule has 0 saturated carbocycles. The largest absolute Gasteiger partial charge is 0.295 e. The highest BCUT2D eigenvalue weighted by Crippen LogP contribution is 2.13. The number of imidazole rings is 1. The van der Waals surface area contributed by atoms with Gasteiger partial charge in [0.25, 0.3) is 5.91 Å². The fourth-order valence-corrected chi connectivity index (χ4v) is 2.21. The number of carbonyl (C=O) groups excluding carboxylic acids is 1. The van der Waals surface area contributed by atoms with Gasteiger partial charge < -0.3 is 0 Å². The van der Waals surface area contributed by atoms with Crippen LogP contribution in [0.5, 0.6) is 0 Å². The molecule has 3 aromatic heterocycles. The van der Waals surface area contributed by atoms with Crippen molar-refractivity contribution < 1.29 is 4.79 Å². The second-order valence-electron chi connectivity index (χ2n) is 4.96. The first kappa shape index (κ1) is 13.9. The smallest absolute Gasteiger partial charge is 0.290 e. The lowest BCUT2D eigenvalue weighted by Gasteiger charge is -2.02. The quantitative estimate of drug-likeness (QED) is 0.594. The summed E-state index contributed by atoms with van der Waals surface area (Å²) in [5, 5.41) is 3.97. The van der Waals surface area contributed by atoms with E-state index >= 15 is 0 Å². The minimum Gasteiger partial charge on any atom is -0.295 e. The van der Waals surface area contributed by atoms with Crippen LogP contribution in [0.3, 0.4) is 0 Å². The molecule has 1 N–H and O–H groups in total. The van der Waals surface area contributed by atoms with Crippen molar-refractivity contribution in [1.29, 1.82) is 0 Å². The van der Waals surface area contributed by atoms with Gasteiger partial charge in [0.1, 0.15) is 11.3 Å². The standard InChI is InChI=1S/C16H15N5O/c1-11-3-4-14-19-12(2)15(21(14)10-11)16(22)20-18-9-13-5-7-17-8-6-13/h3-10H,1-2H3,(H,20,22)/b18-9-. The summed E-state index contributed by atoms with van der Waals surface area (Å²) >= 11 is 0. The minimum atomic E-state index is -0.291. The van der Waals surface area contributed by atoms with E-state index in [1.807, 2.05) is 32.2 Å². The molecule has 0 aliphatic rings. The lowest BCUT2D eigenvalue weighted by molar-refractivity contribution is 0.0948. The summed E-state index contributed by atoms with van der Waals surface area (Å²) in [5.41, 5.74) is 6.35. The van der Waals surface area contributed by atoms with Crippen molar-refractivity contribution in [3.05, 3.63) is 65.4 Å². The molecule has 110 valence electrons. The van der Waals surface area contributed by atoms with Gasteiger partial charge in [-0.25, -0.2) is 10.4 Å². The molecular weight excluding hydrogens is 278 g/mol. The van der Waals surface area contributed by atoms with E-state index in [1.165, 1.54) is 0 Å². The van der Waals surface area contributed by atoms with Gasteiger partial charge in [0, 0.05) is 18.6 Å². The van der Waals surface area contributed by atoms with Crippen molar-refractivity contribution in [2.75, 3.05) is 0 Å². The summed E-state index contributed by atoms with van der Waals surface area (Å²) in [4.78, 5) is 20.7. The molecule has 6 nitrogen and oxygen atoms in total. The third-order valence-electron chi connectivity index (χ3n) is 3.24. The molecule has 0 spiro atoms. The number of rotatable bonds is 3. The molecule has 0 bridgehead atoms. The molecule has 6 heteroatoms. The molecule has 1 amide bonds. The van der Waals surface area contributed by atoms with Gasteiger partial charge in [-0.3, -0.25) is 14.2 Å². The Labute approximate surface area is 127 Å². The predicted octanol–water partition coefficient (Wildman–Crippen LogP) is 2.11. The SMILES string of the molecule is Cc1ccc2nc(C)c(C(=O)N/N=C\c3ccncc3)n2c1. The molecule has 3 heterocycles. The number of aryl methyl sites for hydroxylation is 2. The summed E-state index contributed by atoms with van der Waals surface area (Å²) in [7, 11) is 0. The summed E-state index contributed by atoms with van der Waals surface area (Å²) in [6.45, 7) is 3.78. The fourth-order valence-electron chi connectivity index (χ4n) is 2.21. The van der Waals surface area contributed by atoms with Crippen molar-refractivity contribution in [2.24, 2.45) is 5.10 Å². The van der Waals surface area contributed by atoms with Gasteiger partial charge in [0.15, 0.2) is 0 Å². The highest BCUT2D eigenvalue weighted by atomic mass is 16.2. The number of aromatic nitrogens is 3. The van der Waals surface area contributed by atoms with Gasteiger partial charge in [-0.05, 0) is 43.2 Å². The molecular formula is C16H15N5O. The van der Waals surface area contributed by atoms with Gasteiger partial charge in [0.05, 0.1) is 11.9 Å². The van der Waals surface area contributed by atoms with Crippen molar-refractivity contribution in [1.82, 2.24) is 19.8 Å². The predicted molar refractivity (Wildman–Crippen MR) is 84.0 cm³/mol. The summed E-state index contributed by atoms with van der Waals surface area (Å²) in [5.74, 6) is -0.291. The Morgan fingerprint density at radius 2 is 2.00 bits per heavy atom. The van der Waals surface area contributed by atoms with E-state index in [1.54, 1.807) is 35.1 Å². The number of nitrogens with one attached hydrogen (secondary N) is 1. The zero-order valence-electron chi connectivity index (χ0n) is 12.3. The summed E-state index contributed by atoms with van der Waals surface area (Å²) < 4.78 is 1.78. The molecule has 0 aliphatic heterocycles. The van der Waals surface area contributed by atoms with Crippen LogP contribution in [0.15, 0.2) is 48.0 Å². The molecule has 3 rings (SSSR count). The monoisotopic (exact) mass is 293 g/mol. The van der Waals surface area contributed by atoms with E-state index in [0.717, 1.165) is 16.8 Å². The Morgan fingerprint density at radius 1 is 1.23 bits per heavy atom. The molecule has 0 unspecified atom stereocenters. The van der Waals surface area contributed by atoms with Crippen LogP contribution >= 0.6 is 0 Å². The van der Waals surface area contributed by atoms with Gasteiger partial charge >= 0.3 is 0 Å². The lowest BCUT2D eigenvalue weighted by atomic mass is 10.3. The third-order valence-corrected chi connectivity index (χ3v) is 3.24. The first-order valence-corrected chi connectivity index (χ1v) is 6.84. The number of hydrazone groups is 1. The van der Waals surface area contributed by atoms with E-state index in [2.05, 4.69) is 20.5 Å². The number of carbonyl (C=O) groups is 1. The van der Waals surface area contributed by atoms with E-state index in [4.69, 9.17) is 0 Å². The number of nitrogens with zero attached hydrogens (tertiary/aromatic N) is 4. The number of pyridine rings is 2. The fraction of sp³-hybridized carbons (Fsp3) is 0.125. The molecule has 0 aliphatic carbocycles. The molecule has 22 heavy (non-hydrogen) atoms. The maximum Gasteiger partial charge on any atom is 0.290 e. The lowest BCUT2D eigenvalue weighted by Crippen LogP contribution is -2.20. The van der Waals surface area contributed by atoms with Crippen LogP contribution in [0.25, 0.3) is 5.65 Å². The van der Waals surface area contributed by atoms with Crippen LogP contribution in [-0.2, 0) is 0 Å². The molecule has 0 atom stereocenters. The molecule has 0 radical (unpaired) electrons. The van der Waals surface area contributed by atoms with Crippen molar-refractivity contribution in [2.45, 2.75) is 13.8 Å². The van der Waals surface area contributed by atoms with Gasteiger partial charge in [-0.15, -0.1) is 0 Å². The second-order valence-corrected chi connectivity index (χ2v) is 4.96. The molecule has 3 aromatic rings. The third kappa shape index (κ3) is 2.71. The number of amides is 1. The van der Waals surface area contributed by atoms with E-state index in [0.29, 0.717) is 11.4 Å². The minimum absolute atomic E-state index is 0.291.